The van der Waals surface area contributed by atoms with Gasteiger partial charge in [0.15, 0.2) is 0 Å². The second-order valence-corrected chi connectivity index (χ2v) is 5.90. The summed E-state index contributed by atoms with van der Waals surface area (Å²) in [7, 11) is 0. The lowest BCUT2D eigenvalue weighted by Crippen LogP contribution is -2.22. The Bertz CT molecular complexity index is 358. The zero-order chi connectivity index (χ0) is 12.8. The second kappa shape index (κ2) is 7.16. The van der Waals surface area contributed by atoms with Crippen molar-refractivity contribution in [2.75, 3.05) is 6.54 Å². The summed E-state index contributed by atoms with van der Waals surface area (Å²) in [5.41, 5.74) is 1.21. The highest BCUT2D eigenvalue weighted by molar-refractivity contribution is 6.31. The van der Waals surface area contributed by atoms with Crippen molar-refractivity contribution in [3.05, 3.63) is 34.9 Å². The van der Waals surface area contributed by atoms with Crippen LogP contribution in [0, 0.1) is 5.92 Å². The zero-order valence-electron chi connectivity index (χ0n) is 11.3. The molecule has 0 heterocycles. The normalized spacial score (nSPS) is 18.8. The van der Waals surface area contributed by atoms with Crippen LogP contribution >= 0.6 is 11.6 Å². The Hall–Kier alpha value is -0.530. The first kappa shape index (κ1) is 13.9. The van der Waals surface area contributed by atoms with Gasteiger partial charge in [0.1, 0.15) is 0 Å². The van der Waals surface area contributed by atoms with Crippen LogP contribution in [0.3, 0.4) is 0 Å². The first-order valence-corrected chi connectivity index (χ1v) is 7.63. The minimum absolute atomic E-state index is 0.349. The van der Waals surface area contributed by atoms with Crippen LogP contribution in [0.15, 0.2) is 24.3 Å². The van der Waals surface area contributed by atoms with E-state index in [2.05, 4.69) is 24.4 Å². The number of nitrogens with one attached hydrogen (secondary N) is 1. The minimum Gasteiger partial charge on any atom is -0.310 e. The summed E-state index contributed by atoms with van der Waals surface area (Å²) in [6, 6.07) is 8.47. The van der Waals surface area contributed by atoms with Crippen LogP contribution in [-0.2, 0) is 0 Å². The van der Waals surface area contributed by atoms with Crippen molar-refractivity contribution in [1.82, 2.24) is 5.32 Å². The molecule has 1 N–H and O–H groups in total. The molecule has 1 fully saturated rings. The summed E-state index contributed by atoms with van der Waals surface area (Å²) in [5.74, 6) is 0.949. The first-order valence-electron chi connectivity index (χ1n) is 7.25. The molecular weight excluding hydrogens is 242 g/mol. The average Bonchev–Trinajstić information content (AvgIpc) is 2.40. The van der Waals surface area contributed by atoms with Crippen LogP contribution in [0.5, 0.6) is 0 Å². The summed E-state index contributed by atoms with van der Waals surface area (Å²) in [4.78, 5) is 0. The number of rotatable bonds is 5. The van der Waals surface area contributed by atoms with Crippen molar-refractivity contribution >= 4 is 11.6 Å². The van der Waals surface area contributed by atoms with Crippen LogP contribution in [0.4, 0.5) is 0 Å². The standard InChI is InChI=1S/C16H24ClN/c1-13(15-9-5-6-10-16(15)17)18-12-11-14-7-3-2-4-8-14/h5-6,9-10,13-14,18H,2-4,7-8,11-12H2,1H3/t13-/m1/s1. The van der Waals surface area contributed by atoms with Crippen molar-refractivity contribution in [2.24, 2.45) is 5.92 Å². The van der Waals surface area contributed by atoms with Crippen LogP contribution < -0.4 is 5.32 Å². The zero-order valence-corrected chi connectivity index (χ0v) is 12.0. The van der Waals surface area contributed by atoms with Gasteiger partial charge in [0.2, 0.25) is 0 Å². The molecule has 1 nitrogen and oxygen atoms in total. The lowest BCUT2D eigenvalue weighted by molar-refractivity contribution is 0.329. The fourth-order valence-corrected chi connectivity index (χ4v) is 3.22. The Balaban J connectivity index is 1.74. The molecule has 0 radical (unpaired) electrons. The van der Waals surface area contributed by atoms with Gasteiger partial charge in [-0.2, -0.15) is 0 Å². The third kappa shape index (κ3) is 4.00. The van der Waals surface area contributed by atoms with E-state index >= 15 is 0 Å². The van der Waals surface area contributed by atoms with Gasteiger partial charge < -0.3 is 5.32 Å². The average molecular weight is 266 g/mol. The largest absolute Gasteiger partial charge is 0.310 e. The molecule has 0 saturated heterocycles. The predicted molar refractivity (Wildman–Crippen MR) is 79.1 cm³/mol. The minimum atomic E-state index is 0.349. The fraction of sp³-hybridized carbons (Fsp3) is 0.625. The maximum atomic E-state index is 6.21. The third-order valence-electron chi connectivity index (χ3n) is 4.10. The Kier molecular flexibility index (Phi) is 5.52. The van der Waals surface area contributed by atoms with E-state index in [1.54, 1.807) is 0 Å². The molecule has 1 saturated carbocycles. The van der Waals surface area contributed by atoms with Gasteiger partial charge in [-0.25, -0.2) is 0 Å². The highest BCUT2D eigenvalue weighted by Crippen LogP contribution is 2.26. The smallest absolute Gasteiger partial charge is 0.0453 e. The molecule has 1 atom stereocenters. The predicted octanol–water partition coefficient (Wildman–Crippen LogP) is 4.96. The summed E-state index contributed by atoms with van der Waals surface area (Å²) >= 11 is 6.21. The highest BCUT2D eigenvalue weighted by Gasteiger charge is 2.14. The van der Waals surface area contributed by atoms with Gasteiger partial charge in [0, 0.05) is 11.1 Å². The quantitative estimate of drug-likeness (QED) is 0.793. The summed E-state index contributed by atoms with van der Waals surface area (Å²) in [6.07, 6.45) is 8.49. The summed E-state index contributed by atoms with van der Waals surface area (Å²) in [5, 5.41) is 4.47. The third-order valence-corrected chi connectivity index (χ3v) is 4.44. The molecule has 1 aromatic rings. The molecule has 2 rings (SSSR count). The van der Waals surface area contributed by atoms with Crippen molar-refractivity contribution in [2.45, 2.75) is 51.5 Å². The van der Waals surface area contributed by atoms with E-state index in [1.807, 2.05) is 12.1 Å². The lowest BCUT2D eigenvalue weighted by Gasteiger charge is -2.23. The molecule has 0 bridgehead atoms. The number of hydrogen-bond donors (Lipinski definition) is 1. The molecule has 0 unspecified atom stereocenters. The molecule has 1 aliphatic rings. The number of benzene rings is 1. The Morgan fingerprint density at radius 2 is 1.94 bits per heavy atom. The number of hydrogen-bond acceptors (Lipinski definition) is 1. The maximum Gasteiger partial charge on any atom is 0.0453 e. The molecular formula is C16H24ClN. The SMILES string of the molecule is C[C@@H](NCCC1CCCCC1)c1ccccc1Cl. The molecule has 100 valence electrons. The first-order chi connectivity index (χ1) is 8.77. The molecule has 18 heavy (non-hydrogen) atoms. The Morgan fingerprint density at radius 3 is 2.67 bits per heavy atom. The Labute approximate surface area is 116 Å². The maximum absolute atomic E-state index is 6.21. The van der Waals surface area contributed by atoms with Gasteiger partial charge in [-0.3, -0.25) is 0 Å². The molecule has 0 aromatic heterocycles. The van der Waals surface area contributed by atoms with E-state index in [4.69, 9.17) is 11.6 Å². The van der Waals surface area contributed by atoms with Crippen molar-refractivity contribution in [3.8, 4) is 0 Å². The summed E-state index contributed by atoms with van der Waals surface area (Å²) < 4.78 is 0. The Morgan fingerprint density at radius 1 is 1.22 bits per heavy atom. The monoisotopic (exact) mass is 265 g/mol. The van der Waals surface area contributed by atoms with Gasteiger partial charge in [-0.1, -0.05) is 61.9 Å². The van der Waals surface area contributed by atoms with E-state index < -0.39 is 0 Å². The van der Waals surface area contributed by atoms with Gasteiger partial charge in [0.25, 0.3) is 0 Å². The van der Waals surface area contributed by atoms with Crippen LogP contribution in [-0.4, -0.2) is 6.54 Å². The lowest BCUT2D eigenvalue weighted by atomic mass is 9.87. The molecule has 2 heteroatoms. The van der Waals surface area contributed by atoms with Crippen molar-refractivity contribution in [3.63, 3.8) is 0 Å². The van der Waals surface area contributed by atoms with Crippen LogP contribution in [0.25, 0.3) is 0 Å². The van der Waals surface area contributed by atoms with Gasteiger partial charge in [-0.15, -0.1) is 0 Å². The van der Waals surface area contributed by atoms with E-state index in [1.165, 1.54) is 44.1 Å². The molecule has 1 aliphatic carbocycles. The molecule has 1 aromatic carbocycles. The van der Waals surface area contributed by atoms with E-state index in [9.17, 15) is 0 Å². The van der Waals surface area contributed by atoms with Gasteiger partial charge >= 0.3 is 0 Å². The van der Waals surface area contributed by atoms with Crippen molar-refractivity contribution in [1.29, 1.82) is 0 Å². The molecule has 0 aliphatic heterocycles. The number of halogens is 1. The summed E-state index contributed by atoms with van der Waals surface area (Å²) in [6.45, 7) is 3.30. The molecule has 0 spiro atoms. The second-order valence-electron chi connectivity index (χ2n) is 5.49. The van der Waals surface area contributed by atoms with E-state index in [-0.39, 0.29) is 0 Å². The van der Waals surface area contributed by atoms with Gasteiger partial charge in [0.05, 0.1) is 0 Å². The van der Waals surface area contributed by atoms with E-state index in [0.717, 1.165) is 17.5 Å². The molecule has 0 amide bonds. The fourth-order valence-electron chi connectivity index (χ4n) is 2.92. The highest BCUT2D eigenvalue weighted by atomic mass is 35.5. The van der Waals surface area contributed by atoms with Crippen LogP contribution in [0.2, 0.25) is 5.02 Å². The topological polar surface area (TPSA) is 12.0 Å². The van der Waals surface area contributed by atoms with Gasteiger partial charge in [-0.05, 0) is 37.4 Å². The van der Waals surface area contributed by atoms with Crippen molar-refractivity contribution < 1.29 is 0 Å². The van der Waals surface area contributed by atoms with E-state index in [0.29, 0.717) is 6.04 Å². The van der Waals surface area contributed by atoms with Crippen LogP contribution in [0.1, 0.15) is 57.1 Å².